The van der Waals surface area contributed by atoms with Gasteiger partial charge < -0.3 is 24.8 Å². The van der Waals surface area contributed by atoms with Crippen molar-refractivity contribution in [3.05, 3.63) is 111 Å². The fourth-order valence-electron chi connectivity index (χ4n) is 9.50. The number of piperazine rings is 1. The second-order valence-corrected chi connectivity index (χ2v) is 22.5. The Bertz CT molecular complexity index is 2940. The van der Waals surface area contributed by atoms with Crippen molar-refractivity contribution in [1.82, 2.24) is 19.6 Å². The Kier molecular flexibility index (Phi) is 12.6. The minimum absolute atomic E-state index is 0.0341. The van der Waals surface area contributed by atoms with Crippen LogP contribution < -0.4 is 19.8 Å². The number of hydrogen-bond donors (Lipinski definition) is 3. The van der Waals surface area contributed by atoms with Crippen molar-refractivity contribution in [1.29, 1.82) is 0 Å². The van der Waals surface area contributed by atoms with Crippen LogP contribution >= 0.6 is 11.6 Å². The molecule has 19 heteroatoms. The highest BCUT2D eigenvalue weighted by molar-refractivity contribution is 7.91. The molecule has 3 N–H and O–H groups in total. The molecule has 0 spiro atoms. The number of pyridine rings is 1. The van der Waals surface area contributed by atoms with E-state index >= 15 is 0 Å². The van der Waals surface area contributed by atoms with Gasteiger partial charge in [0.05, 0.1) is 32.5 Å². The van der Waals surface area contributed by atoms with E-state index in [-0.39, 0.29) is 51.3 Å². The molecule has 16 nitrogen and oxygen atoms in total. The maximum absolute atomic E-state index is 14.3. The number of fused-ring (bicyclic) bond motifs is 2. The van der Waals surface area contributed by atoms with Gasteiger partial charge in [-0.3, -0.25) is 19.8 Å². The lowest BCUT2D eigenvalue weighted by atomic mass is 9.72. The van der Waals surface area contributed by atoms with Gasteiger partial charge in [0.1, 0.15) is 11.3 Å². The first-order valence-corrected chi connectivity index (χ1v) is 25.8. The Morgan fingerprint density at radius 3 is 2.48 bits per heavy atom. The molecule has 348 valence electrons. The first-order valence-electron chi connectivity index (χ1n) is 22.3. The zero-order valence-corrected chi connectivity index (χ0v) is 39.3. The number of amides is 1. The largest absolute Gasteiger partial charge is 0.381 e. The van der Waals surface area contributed by atoms with E-state index in [1.54, 1.807) is 41.4 Å². The summed E-state index contributed by atoms with van der Waals surface area (Å²) in [5.74, 6) is -1.04. The summed E-state index contributed by atoms with van der Waals surface area (Å²) < 4.78 is 62.4. The maximum Gasteiger partial charge on any atom is 0.293 e. The molecule has 2 fully saturated rings. The number of aromatic amines is 1. The molecule has 0 unspecified atom stereocenters. The third kappa shape index (κ3) is 9.65. The molecule has 1 aliphatic carbocycles. The lowest BCUT2D eigenvalue weighted by Crippen LogP contribution is -2.47. The van der Waals surface area contributed by atoms with Gasteiger partial charge in [0.25, 0.3) is 21.6 Å². The van der Waals surface area contributed by atoms with Crippen LogP contribution in [-0.4, -0.2) is 107 Å². The fraction of sp³-hybridized carbons (Fsp3) is 0.404. The van der Waals surface area contributed by atoms with E-state index in [2.05, 4.69) is 55.8 Å². The number of carbonyl (C=O) groups excluding carboxylic acids is 1. The number of benzene rings is 3. The van der Waals surface area contributed by atoms with Crippen LogP contribution in [0.2, 0.25) is 5.02 Å². The average Bonchev–Trinajstić information content (AvgIpc) is 3.77. The lowest BCUT2D eigenvalue weighted by Gasteiger charge is -2.40. The molecule has 0 saturated carbocycles. The lowest BCUT2D eigenvalue weighted by molar-refractivity contribution is -0.384. The SMILES string of the molecule is CC1(C)CCC(CN2CCN(c3ccc(C(=O)NS(=O)(=O)c4ccc(NCC5CCOCC5)c([N+](=O)[O-])c4)c(N4CCS(=O)(=O)c5nc6[nH]ccc6cc54)c3)CC2)=C(c2ccc(Cl)cc2)C1. The van der Waals surface area contributed by atoms with E-state index in [4.69, 9.17) is 16.3 Å². The summed E-state index contributed by atoms with van der Waals surface area (Å²) in [6.07, 6.45) is 6.37. The molecule has 3 aromatic carbocycles. The van der Waals surface area contributed by atoms with Crippen molar-refractivity contribution >= 4 is 82.4 Å². The number of anilines is 4. The molecule has 5 aromatic rings. The van der Waals surface area contributed by atoms with Crippen molar-refractivity contribution in [3.8, 4) is 0 Å². The Balaban J connectivity index is 0.999. The number of sulfonamides is 1. The smallest absolute Gasteiger partial charge is 0.293 e. The number of nitrogens with zero attached hydrogens (tertiary/aromatic N) is 5. The van der Waals surface area contributed by atoms with Crippen LogP contribution in [0, 0.1) is 21.4 Å². The molecule has 1 amide bonds. The number of H-pyrrole nitrogens is 1. The Morgan fingerprint density at radius 2 is 1.74 bits per heavy atom. The van der Waals surface area contributed by atoms with Gasteiger partial charge in [-0.2, -0.15) is 0 Å². The van der Waals surface area contributed by atoms with Gasteiger partial charge in [-0.05, 0) is 109 Å². The van der Waals surface area contributed by atoms with Crippen molar-refractivity contribution in [2.75, 3.05) is 79.9 Å². The van der Waals surface area contributed by atoms with Crippen LogP contribution in [0.25, 0.3) is 16.6 Å². The van der Waals surface area contributed by atoms with Crippen LogP contribution in [-0.2, 0) is 24.6 Å². The summed E-state index contributed by atoms with van der Waals surface area (Å²) in [5.41, 5.74) is 5.61. The van der Waals surface area contributed by atoms with Gasteiger partial charge in [0.15, 0.2) is 14.9 Å². The number of aromatic nitrogens is 2. The van der Waals surface area contributed by atoms with Crippen LogP contribution in [0.3, 0.4) is 0 Å². The molecular formula is C47H53ClN8O8S2. The second-order valence-electron chi connectivity index (χ2n) is 18.4. The Morgan fingerprint density at radius 1 is 0.985 bits per heavy atom. The van der Waals surface area contributed by atoms with Gasteiger partial charge >= 0.3 is 0 Å². The summed E-state index contributed by atoms with van der Waals surface area (Å²) in [6, 6.07) is 20.2. The zero-order valence-electron chi connectivity index (χ0n) is 36.9. The van der Waals surface area contributed by atoms with E-state index in [1.165, 1.54) is 28.8 Å². The quantitative estimate of drug-likeness (QED) is 0.0809. The summed E-state index contributed by atoms with van der Waals surface area (Å²) in [4.78, 5) is 39.2. The van der Waals surface area contributed by atoms with Crippen molar-refractivity contribution in [2.24, 2.45) is 11.3 Å². The van der Waals surface area contributed by atoms with Crippen molar-refractivity contribution in [3.63, 3.8) is 0 Å². The highest BCUT2D eigenvalue weighted by Crippen LogP contribution is 2.44. The van der Waals surface area contributed by atoms with E-state index in [9.17, 15) is 31.7 Å². The molecule has 0 atom stereocenters. The highest BCUT2D eigenvalue weighted by atomic mass is 35.5. The first-order chi connectivity index (χ1) is 31.5. The Hall–Kier alpha value is -5.53. The number of allylic oxidation sites excluding steroid dienone is 1. The highest BCUT2D eigenvalue weighted by Gasteiger charge is 2.35. The summed E-state index contributed by atoms with van der Waals surface area (Å²) in [6.45, 7) is 10.00. The first kappa shape index (κ1) is 45.6. The van der Waals surface area contributed by atoms with Gasteiger partial charge in [0, 0.05) is 87.4 Å². The predicted octanol–water partition coefficient (Wildman–Crippen LogP) is 7.79. The van der Waals surface area contributed by atoms with Gasteiger partial charge in [-0.1, -0.05) is 43.2 Å². The van der Waals surface area contributed by atoms with Gasteiger partial charge in [-0.25, -0.2) is 26.5 Å². The summed E-state index contributed by atoms with van der Waals surface area (Å²) in [7, 11) is -8.46. The third-order valence-corrected chi connectivity index (χ3v) is 16.5. The normalized spacial score (nSPS) is 19.1. The van der Waals surface area contributed by atoms with Crippen LogP contribution in [0.5, 0.6) is 0 Å². The van der Waals surface area contributed by atoms with Crippen molar-refractivity contribution in [2.45, 2.75) is 55.9 Å². The molecule has 2 saturated heterocycles. The fourth-order valence-corrected chi connectivity index (χ4v) is 12.0. The topological polar surface area (TPSA) is 200 Å². The minimum Gasteiger partial charge on any atom is -0.381 e. The molecule has 2 aromatic heterocycles. The Labute approximate surface area is 389 Å². The van der Waals surface area contributed by atoms with Crippen LogP contribution in [0.1, 0.15) is 61.9 Å². The number of nitro groups is 1. The summed E-state index contributed by atoms with van der Waals surface area (Å²) >= 11 is 6.26. The second kappa shape index (κ2) is 18.3. The van der Waals surface area contributed by atoms with Crippen molar-refractivity contribution < 1.29 is 31.3 Å². The molecule has 4 aliphatic rings. The average molecular weight is 958 g/mol. The number of nitrogens with one attached hydrogen (secondary N) is 3. The molecule has 0 radical (unpaired) electrons. The number of nitro benzene ring substituents is 1. The number of sulfone groups is 1. The molecule has 66 heavy (non-hydrogen) atoms. The molecule has 9 rings (SSSR count). The number of ether oxygens (including phenoxy) is 1. The monoisotopic (exact) mass is 956 g/mol. The van der Waals surface area contributed by atoms with E-state index in [1.807, 2.05) is 12.1 Å². The number of hydrogen-bond acceptors (Lipinski definition) is 13. The third-order valence-electron chi connectivity index (χ3n) is 13.3. The predicted molar refractivity (Wildman–Crippen MR) is 256 cm³/mol. The molecule has 5 heterocycles. The molecular weight excluding hydrogens is 904 g/mol. The maximum atomic E-state index is 14.3. The van der Waals surface area contributed by atoms with Crippen LogP contribution in [0.4, 0.5) is 28.4 Å². The number of halogens is 1. The molecule has 0 bridgehead atoms. The zero-order chi connectivity index (χ0) is 46.4. The molecule has 3 aliphatic heterocycles. The van der Waals surface area contributed by atoms with Crippen LogP contribution in [0.15, 0.2) is 94.5 Å². The van der Waals surface area contributed by atoms with E-state index < -0.39 is 41.3 Å². The van der Waals surface area contributed by atoms with E-state index in [0.29, 0.717) is 48.9 Å². The van der Waals surface area contributed by atoms with Gasteiger partial charge in [-0.15, -0.1) is 0 Å². The standard InChI is InChI=1S/C47H53ClN8O8S2/c1-47(2)15-11-34(39(28-47)32-3-5-35(48)6-4-32)30-53-17-19-54(20-18-53)36-7-9-38(41(26-36)55-21-24-65(60,61)46-43(55)25-33-12-16-49-44(33)51-46)45(57)52-66(62,63)37-8-10-40(42(27-37)56(58)59)50-29-31-13-22-64-23-14-31/h3-10,12,16,25-27,31,50H,11,13-15,17-24,28-30H2,1-2H3,(H,49,51)(H,52,57). The minimum atomic E-state index is -4.65. The van der Waals surface area contributed by atoms with E-state index in [0.717, 1.165) is 63.5 Å². The summed E-state index contributed by atoms with van der Waals surface area (Å²) in [5, 5.41) is 16.5. The van der Waals surface area contributed by atoms with Gasteiger partial charge in [0.2, 0.25) is 0 Å². The number of rotatable bonds is 12. The number of carbonyl (C=O) groups is 1.